The third kappa shape index (κ3) is 4.76. The highest BCUT2D eigenvalue weighted by molar-refractivity contribution is 7.93. The monoisotopic (exact) mass is 478 g/mol. The highest BCUT2D eigenvalue weighted by atomic mass is 35.5. The van der Waals surface area contributed by atoms with Crippen molar-refractivity contribution in [3.63, 3.8) is 0 Å². The second-order valence-corrected chi connectivity index (χ2v) is 10.4. The van der Waals surface area contributed by atoms with Gasteiger partial charge in [-0.05, 0) is 63.9 Å². The summed E-state index contributed by atoms with van der Waals surface area (Å²) in [6, 6.07) is 11.1. The van der Waals surface area contributed by atoms with Crippen LogP contribution in [0.4, 0.5) is 5.69 Å². The lowest BCUT2D eigenvalue weighted by atomic mass is 10.2. The third-order valence-corrected chi connectivity index (χ3v) is 7.60. The molecule has 2 aromatic carbocycles. The summed E-state index contributed by atoms with van der Waals surface area (Å²) >= 11 is 6.21. The number of hydrogen-bond acceptors (Lipinski definition) is 5. The number of halogens is 1. The second-order valence-electron chi connectivity index (χ2n) is 8.17. The van der Waals surface area contributed by atoms with Crippen molar-refractivity contribution in [2.45, 2.75) is 51.1 Å². The Labute approximate surface area is 194 Å². The SMILES string of the molecule is CC(C)N(C(=O)COC(=O)c1ccc(Cl)c(S(=O)(=O)N2CCc3ccccc32)c1)C(C)C. The van der Waals surface area contributed by atoms with Crippen molar-refractivity contribution < 1.29 is 22.7 Å². The zero-order chi connectivity index (χ0) is 23.6. The highest BCUT2D eigenvalue weighted by Gasteiger charge is 2.33. The number of nitrogens with zero attached hydrogens (tertiary/aromatic N) is 2. The van der Waals surface area contributed by atoms with Crippen molar-refractivity contribution in [1.29, 1.82) is 0 Å². The first kappa shape index (κ1) is 24.1. The first-order valence-electron chi connectivity index (χ1n) is 10.4. The van der Waals surface area contributed by atoms with Crippen LogP contribution in [0.3, 0.4) is 0 Å². The molecule has 172 valence electrons. The van der Waals surface area contributed by atoms with E-state index in [-0.39, 0.29) is 33.5 Å². The van der Waals surface area contributed by atoms with Gasteiger partial charge < -0.3 is 9.64 Å². The molecule has 0 spiro atoms. The van der Waals surface area contributed by atoms with Gasteiger partial charge in [-0.2, -0.15) is 0 Å². The van der Waals surface area contributed by atoms with Gasteiger partial charge in [0.15, 0.2) is 6.61 Å². The average Bonchev–Trinajstić information content (AvgIpc) is 3.16. The van der Waals surface area contributed by atoms with Crippen LogP contribution in [0.5, 0.6) is 0 Å². The van der Waals surface area contributed by atoms with E-state index in [1.165, 1.54) is 22.5 Å². The number of amides is 1. The number of fused-ring (bicyclic) bond motifs is 1. The van der Waals surface area contributed by atoms with Gasteiger partial charge in [0.05, 0.1) is 16.3 Å². The minimum absolute atomic E-state index is 0.00722. The fourth-order valence-electron chi connectivity index (χ4n) is 3.96. The van der Waals surface area contributed by atoms with E-state index < -0.39 is 22.6 Å². The average molecular weight is 479 g/mol. The van der Waals surface area contributed by atoms with Crippen LogP contribution < -0.4 is 4.31 Å². The quantitative estimate of drug-likeness (QED) is 0.563. The topological polar surface area (TPSA) is 84.0 Å². The maximum atomic E-state index is 13.3. The molecular formula is C23H27ClN2O5S. The van der Waals surface area contributed by atoms with E-state index in [0.29, 0.717) is 18.7 Å². The summed E-state index contributed by atoms with van der Waals surface area (Å²) in [7, 11) is -3.99. The van der Waals surface area contributed by atoms with Gasteiger partial charge in [-0.1, -0.05) is 29.8 Å². The van der Waals surface area contributed by atoms with Gasteiger partial charge in [0, 0.05) is 18.6 Å². The Balaban J connectivity index is 1.81. The van der Waals surface area contributed by atoms with Crippen molar-refractivity contribution in [1.82, 2.24) is 4.90 Å². The first-order chi connectivity index (χ1) is 15.0. The van der Waals surface area contributed by atoms with Crippen LogP contribution in [-0.4, -0.2) is 50.4 Å². The molecule has 0 N–H and O–H groups in total. The molecule has 1 amide bonds. The van der Waals surface area contributed by atoms with Gasteiger partial charge in [-0.3, -0.25) is 9.10 Å². The van der Waals surface area contributed by atoms with Crippen LogP contribution in [0, 0.1) is 0 Å². The lowest BCUT2D eigenvalue weighted by Gasteiger charge is -2.30. The Hall–Kier alpha value is -2.58. The number of anilines is 1. The fraction of sp³-hybridized carbons (Fsp3) is 0.391. The smallest absolute Gasteiger partial charge is 0.338 e. The maximum Gasteiger partial charge on any atom is 0.338 e. The van der Waals surface area contributed by atoms with Crippen molar-refractivity contribution in [3.05, 3.63) is 58.6 Å². The first-order valence-corrected chi connectivity index (χ1v) is 12.2. The minimum Gasteiger partial charge on any atom is -0.452 e. The van der Waals surface area contributed by atoms with Crippen LogP contribution in [0.1, 0.15) is 43.6 Å². The van der Waals surface area contributed by atoms with Gasteiger partial charge in [0.2, 0.25) is 0 Å². The molecule has 1 aliphatic rings. The Bertz CT molecular complexity index is 1120. The lowest BCUT2D eigenvalue weighted by Crippen LogP contribution is -2.44. The number of rotatable bonds is 7. The molecule has 0 aromatic heterocycles. The molecule has 0 saturated carbocycles. The standard InChI is InChI=1S/C23H27ClN2O5S/c1-15(2)26(16(3)4)22(27)14-31-23(28)18-9-10-19(24)21(13-18)32(29,30)25-12-11-17-7-5-6-8-20(17)25/h5-10,13,15-16H,11-12,14H2,1-4H3. The predicted octanol–water partition coefficient (Wildman–Crippen LogP) is 3.89. The van der Waals surface area contributed by atoms with Crippen molar-refractivity contribution in [3.8, 4) is 0 Å². The molecular weight excluding hydrogens is 452 g/mol. The summed E-state index contributed by atoms with van der Waals surface area (Å²) in [5, 5.41) is 0.00722. The van der Waals surface area contributed by atoms with Gasteiger partial charge in [0.25, 0.3) is 15.9 Å². The van der Waals surface area contributed by atoms with Crippen LogP contribution in [0.25, 0.3) is 0 Å². The number of esters is 1. The number of carbonyl (C=O) groups excluding carboxylic acids is 2. The second kappa shape index (κ2) is 9.50. The van der Waals surface area contributed by atoms with E-state index in [9.17, 15) is 18.0 Å². The molecule has 7 nitrogen and oxygen atoms in total. The number of sulfonamides is 1. The number of para-hydroxylation sites is 1. The van der Waals surface area contributed by atoms with E-state index in [2.05, 4.69) is 0 Å². The Morgan fingerprint density at radius 2 is 1.75 bits per heavy atom. The zero-order valence-electron chi connectivity index (χ0n) is 18.5. The summed E-state index contributed by atoms with van der Waals surface area (Å²) in [6.07, 6.45) is 0.596. The van der Waals surface area contributed by atoms with Gasteiger partial charge in [0.1, 0.15) is 4.90 Å². The molecule has 0 aliphatic carbocycles. The van der Waals surface area contributed by atoms with Gasteiger partial charge in [-0.15, -0.1) is 0 Å². The molecule has 1 heterocycles. The van der Waals surface area contributed by atoms with Crippen LogP contribution in [0.2, 0.25) is 5.02 Å². The molecule has 0 bridgehead atoms. The van der Waals surface area contributed by atoms with E-state index in [1.54, 1.807) is 17.0 Å². The molecule has 3 rings (SSSR count). The van der Waals surface area contributed by atoms with E-state index in [0.717, 1.165) is 5.56 Å². The fourth-order valence-corrected chi connectivity index (χ4v) is 5.97. The molecule has 0 unspecified atom stereocenters. The molecule has 0 fully saturated rings. The minimum atomic E-state index is -3.99. The van der Waals surface area contributed by atoms with Crippen molar-refractivity contribution in [2.75, 3.05) is 17.5 Å². The number of ether oxygens (including phenoxy) is 1. The Kier molecular flexibility index (Phi) is 7.15. The van der Waals surface area contributed by atoms with Crippen LogP contribution in [-0.2, 0) is 26.0 Å². The highest BCUT2D eigenvalue weighted by Crippen LogP contribution is 2.35. The lowest BCUT2D eigenvalue weighted by molar-refractivity contribution is -0.138. The summed E-state index contributed by atoms with van der Waals surface area (Å²) < 4.78 is 33.1. The molecule has 0 saturated heterocycles. The van der Waals surface area contributed by atoms with E-state index >= 15 is 0 Å². The summed E-state index contributed by atoms with van der Waals surface area (Å²) in [5.74, 6) is -1.11. The number of carbonyl (C=O) groups is 2. The van der Waals surface area contributed by atoms with Gasteiger partial charge in [-0.25, -0.2) is 13.2 Å². The molecule has 1 aliphatic heterocycles. The third-order valence-electron chi connectivity index (χ3n) is 5.31. The molecule has 0 radical (unpaired) electrons. The Morgan fingerprint density at radius 3 is 2.41 bits per heavy atom. The normalized spacial score (nSPS) is 13.4. The summed E-state index contributed by atoms with van der Waals surface area (Å²) in [4.78, 5) is 26.5. The van der Waals surface area contributed by atoms with Gasteiger partial charge >= 0.3 is 5.97 Å². The van der Waals surface area contributed by atoms with Crippen LogP contribution >= 0.6 is 11.6 Å². The molecule has 32 heavy (non-hydrogen) atoms. The molecule has 9 heteroatoms. The predicted molar refractivity (Wildman–Crippen MR) is 124 cm³/mol. The van der Waals surface area contributed by atoms with Crippen molar-refractivity contribution >= 4 is 39.2 Å². The zero-order valence-corrected chi connectivity index (χ0v) is 20.1. The van der Waals surface area contributed by atoms with Crippen LogP contribution in [0.15, 0.2) is 47.4 Å². The molecule has 2 aromatic rings. The summed E-state index contributed by atoms with van der Waals surface area (Å²) in [6.45, 7) is 7.39. The number of benzene rings is 2. The summed E-state index contributed by atoms with van der Waals surface area (Å²) in [5.41, 5.74) is 1.54. The maximum absolute atomic E-state index is 13.3. The van der Waals surface area contributed by atoms with E-state index in [4.69, 9.17) is 16.3 Å². The largest absolute Gasteiger partial charge is 0.452 e. The molecule has 0 atom stereocenters. The number of hydrogen-bond donors (Lipinski definition) is 0. The van der Waals surface area contributed by atoms with Crippen molar-refractivity contribution in [2.24, 2.45) is 0 Å². The Morgan fingerprint density at radius 1 is 1.09 bits per heavy atom. The van der Waals surface area contributed by atoms with E-state index in [1.807, 2.05) is 39.8 Å².